The summed E-state index contributed by atoms with van der Waals surface area (Å²) in [5.41, 5.74) is 1.46. The van der Waals surface area contributed by atoms with Crippen molar-refractivity contribution in [3.05, 3.63) is 36.4 Å². The molecular formula is C17H26N2O3. The molecule has 122 valence electrons. The third kappa shape index (κ3) is 7.13. The monoisotopic (exact) mass is 306 g/mol. The third-order valence-corrected chi connectivity index (χ3v) is 3.09. The summed E-state index contributed by atoms with van der Waals surface area (Å²) in [4.78, 5) is 11.9. The zero-order valence-electron chi connectivity index (χ0n) is 13.6. The van der Waals surface area contributed by atoms with Crippen molar-refractivity contribution in [2.75, 3.05) is 25.1 Å². The molecule has 3 N–H and O–H groups in total. The molecule has 0 aliphatic heterocycles. The molecule has 0 aromatic heterocycles. The van der Waals surface area contributed by atoms with E-state index in [1.165, 1.54) is 0 Å². The minimum atomic E-state index is -0.275. The summed E-state index contributed by atoms with van der Waals surface area (Å²) in [5.74, 6) is 0.682. The first-order valence-corrected chi connectivity index (χ1v) is 7.35. The third-order valence-electron chi connectivity index (χ3n) is 3.09. The molecule has 1 rings (SSSR count). The molecule has 0 aliphatic carbocycles. The number of anilines is 1. The number of rotatable bonds is 8. The van der Waals surface area contributed by atoms with E-state index in [9.17, 15) is 4.79 Å². The van der Waals surface area contributed by atoms with Crippen LogP contribution in [0.4, 0.5) is 10.5 Å². The summed E-state index contributed by atoms with van der Waals surface area (Å²) in [5, 5.41) is 14.6. The fourth-order valence-electron chi connectivity index (χ4n) is 1.76. The standard InChI is InChI=1S/C17H26N2O3/c1-13(2)11-22-15-7-5-6-14(10-15)19-16(21)18-12-17(3,4)8-9-20/h5-7,10,20H,1,8-9,11-12H2,2-4H3,(H2,18,19,21). The number of hydrogen-bond donors (Lipinski definition) is 3. The maximum Gasteiger partial charge on any atom is 0.319 e. The number of benzene rings is 1. The Kier molecular flexibility index (Phi) is 6.92. The van der Waals surface area contributed by atoms with Crippen LogP contribution in [0.2, 0.25) is 0 Å². The lowest BCUT2D eigenvalue weighted by Gasteiger charge is -2.23. The molecule has 0 aliphatic rings. The van der Waals surface area contributed by atoms with E-state index in [1.54, 1.807) is 12.1 Å². The van der Waals surface area contributed by atoms with Gasteiger partial charge in [-0.3, -0.25) is 0 Å². The molecule has 0 saturated carbocycles. The fourth-order valence-corrected chi connectivity index (χ4v) is 1.76. The Morgan fingerprint density at radius 3 is 2.77 bits per heavy atom. The van der Waals surface area contributed by atoms with Crippen LogP contribution in [0.3, 0.4) is 0 Å². The fraction of sp³-hybridized carbons (Fsp3) is 0.471. The van der Waals surface area contributed by atoms with E-state index in [-0.39, 0.29) is 18.1 Å². The first-order chi connectivity index (χ1) is 10.3. The van der Waals surface area contributed by atoms with E-state index in [4.69, 9.17) is 9.84 Å². The van der Waals surface area contributed by atoms with Crippen molar-refractivity contribution >= 4 is 11.7 Å². The van der Waals surface area contributed by atoms with E-state index in [2.05, 4.69) is 17.2 Å². The quantitative estimate of drug-likeness (QED) is 0.646. The van der Waals surface area contributed by atoms with Crippen LogP contribution in [-0.2, 0) is 0 Å². The maximum absolute atomic E-state index is 11.9. The first kappa shape index (κ1) is 18.0. The average molecular weight is 306 g/mol. The van der Waals surface area contributed by atoms with Gasteiger partial charge in [0.05, 0.1) is 0 Å². The van der Waals surface area contributed by atoms with E-state index in [0.29, 0.717) is 31.0 Å². The van der Waals surface area contributed by atoms with Crippen LogP contribution in [-0.4, -0.2) is 30.9 Å². The molecule has 22 heavy (non-hydrogen) atoms. The van der Waals surface area contributed by atoms with Crippen molar-refractivity contribution in [2.45, 2.75) is 27.2 Å². The Hall–Kier alpha value is -2.01. The van der Waals surface area contributed by atoms with Gasteiger partial charge in [0.1, 0.15) is 12.4 Å². The number of ether oxygens (including phenoxy) is 1. The number of aliphatic hydroxyl groups excluding tert-OH is 1. The molecule has 0 bridgehead atoms. The smallest absolute Gasteiger partial charge is 0.319 e. The second-order valence-electron chi connectivity index (χ2n) is 6.22. The zero-order chi connectivity index (χ0) is 16.6. The van der Waals surface area contributed by atoms with Crippen LogP contribution in [0.5, 0.6) is 5.75 Å². The molecule has 0 atom stereocenters. The second kappa shape index (κ2) is 8.44. The van der Waals surface area contributed by atoms with Gasteiger partial charge in [-0.2, -0.15) is 0 Å². The lowest BCUT2D eigenvalue weighted by Crippen LogP contribution is -2.37. The molecule has 2 amide bonds. The summed E-state index contributed by atoms with van der Waals surface area (Å²) in [6.45, 7) is 10.7. The highest BCUT2D eigenvalue weighted by molar-refractivity contribution is 5.89. The van der Waals surface area contributed by atoms with Crippen LogP contribution in [0.1, 0.15) is 27.2 Å². The summed E-state index contributed by atoms with van der Waals surface area (Å²) < 4.78 is 5.54. The molecule has 1 aromatic rings. The number of aliphatic hydroxyl groups is 1. The van der Waals surface area contributed by atoms with Gasteiger partial charge in [0.15, 0.2) is 0 Å². The minimum Gasteiger partial charge on any atom is -0.489 e. The molecule has 0 saturated heterocycles. The predicted molar refractivity (Wildman–Crippen MR) is 89.3 cm³/mol. The van der Waals surface area contributed by atoms with Crippen molar-refractivity contribution in [1.82, 2.24) is 5.32 Å². The highest BCUT2D eigenvalue weighted by Crippen LogP contribution is 2.19. The van der Waals surface area contributed by atoms with Crippen LogP contribution in [0.15, 0.2) is 36.4 Å². The molecule has 5 nitrogen and oxygen atoms in total. The summed E-state index contributed by atoms with van der Waals surface area (Å²) in [7, 11) is 0. The van der Waals surface area contributed by atoms with Crippen LogP contribution in [0.25, 0.3) is 0 Å². The molecule has 0 spiro atoms. The van der Waals surface area contributed by atoms with Gasteiger partial charge in [-0.05, 0) is 36.5 Å². The number of amides is 2. The Bertz CT molecular complexity index is 512. The highest BCUT2D eigenvalue weighted by atomic mass is 16.5. The SMILES string of the molecule is C=C(C)COc1cccc(NC(=O)NCC(C)(C)CCO)c1. The predicted octanol–water partition coefficient (Wildman–Crippen LogP) is 3.17. The molecule has 1 aromatic carbocycles. The van der Waals surface area contributed by atoms with E-state index < -0.39 is 0 Å². The normalized spacial score (nSPS) is 10.9. The number of carbonyl (C=O) groups is 1. The topological polar surface area (TPSA) is 70.6 Å². The Balaban J connectivity index is 2.50. The van der Waals surface area contributed by atoms with E-state index >= 15 is 0 Å². The molecule has 0 heterocycles. The summed E-state index contributed by atoms with van der Waals surface area (Å²) >= 11 is 0. The average Bonchev–Trinajstić information content (AvgIpc) is 2.43. The first-order valence-electron chi connectivity index (χ1n) is 7.35. The van der Waals surface area contributed by atoms with Gasteiger partial charge in [0.25, 0.3) is 0 Å². The van der Waals surface area contributed by atoms with Crippen LogP contribution < -0.4 is 15.4 Å². The van der Waals surface area contributed by atoms with Gasteiger partial charge >= 0.3 is 6.03 Å². The van der Waals surface area contributed by atoms with Gasteiger partial charge < -0.3 is 20.5 Å². The van der Waals surface area contributed by atoms with Gasteiger partial charge in [0.2, 0.25) is 0 Å². The van der Waals surface area contributed by atoms with Crippen molar-refractivity contribution in [3.8, 4) is 5.75 Å². The van der Waals surface area contributed by atoms with Crippen molar-refractivity contribution in [1.29, 1.82) is 0 Å². The van der Waals surface area contributed by atoms with Gasteiger partial charge in [-0.15, -0.1) is 0 Å². The van der Waals surface area contributed by atoms with Crippen LogP contribution in [0, 0.1) is 5.41 Å². The Morgan fingerprint density at radius 2 is 2.14 bits per heavy atom. The lowest BCUT2D eigenvalue weighted by molar-refractivity contribution is 0.204. The van der Waals surface area contributed by atoms with Crippen LogP contribution >= 0.6 is 0 Å². The van der Waals surface area contributed by atoms with Gasteiger partial charge in [-0.1, -0.05) is 26.5 Å². The Labute approximate surface area is 132 Å². The van der Waals surface area contributed by atoms with E-state index in [0.717, 1.165) is 5.57 Å². The molecule has 0 unspecified atom stereocenters. The minimum absolute atomic E-state index is 0.110. The molecule has 0 radical (unpaired) electrons. The summed E-state index contributed by atoms with van der Waals surface area (Å²) in [6.07, 6.45) is 0.636. The highest BCUT2D eigenvalue weighted by Gasteiger charge is 2.18. The zero-order valence-corrected chi connectivity index (χ0v) is 13.6. The van der Waals surface area contributed by atoms with Crippen molar-refractivity contribution in [3.63, 3.8) is 0 Å². The molecular weight excluding hydrogens is 280 g/mol. The van der Waals surface area contributed by atoms with Crippen molar-refractivity contribution < 1.29 is 14.6 Å². The largest absolute Gasteiger partial charge is 0.489 e. The van der Waals surface area contributed by atoms with E-state index in [1.807, 2.05) is 32.9 Å². The number of urea groups is 1. The van der Waals surface area contributed by atoms with Gasteiger partial charge in [0, 0.05) is 24.9 Å². The second-order valence-corrected chi connectivity index (χ2v) is 6.22. The number of hydrogen-bond acceptors (Lipinski definition) is 3. The Morgan fingerprint density at radius 1 is 1.41 bits per heavy atom. The van der Waals surface area contributed by atoms with Gasteiger partial charge in [-0.25, -0.2) is 4.79 Å². The lowest BCUT2D eigenvalue weighted by atomic mass is 9.90. The number of nitrogens with one attached hydrogen (secondary N) is 2. The number of carbonyl (C=O) groups excluding carboxylic acids is 1. The maximum atomic E-state index is 11.9. The van der Waals surface area contributed by atoms with Crippen molar-refractivity contribution in [2.24, 2.45) is 5.41 Å². The summed E-state index contributed by atoms with van der Waals surface area (Å²) in [6, 6.07) is 6.94. The molecule has 5 heteroatoms. The molecule has 0 fully saturated rings.